The lowest BCUT2D eigenvalue weighted by Crippen LogP contribution is -2.39. The maximum atomic E-state index is 11.9. The number of hydrogen-bond acceptors (Lipinski definition) is 3. The molecule has 4 heteroatoms. The van der Waals surface area contributed by atoms with Crippen LogP contribution in [0.4, 0.5) is 0 Å². The number of hydrogen-bond donors (Lipinski definition) is 1. The van der Waals surface area contributed by atoms with E-state index in [0.717, 1.165) is 0 Å². The number of benzene rings is 1. The van der Waals surface area contributed by atoms with E-state index in [4.69, 9.17) is 16.0 Å². The van der Waals surface area contributed by atoms with Crippen LogP contribution in [0, 0.1) is 0 Å². The molecule has 92 valence electrons. The summed E-state index contributed by atoms with van der Waals surface area (Å²) in [6, 6.07) is 8.33. The monoisotopic (exact) mass is 262 g/mol. The van der Waals surface area contributed by atoms with E-state index in [0.29, 0.717) is 16.3 Å². The van der Waals surface area contributed by atoms with Gasteiger partial charge in [0.05, 0.1) is 5.02 Å². The smallest absolute Gasteiger partial charge is 0.196 e. The lowest BCUT2D eigenvalue weighted by molar-refractivity contribution is 0.483. The Morgan fingerprint density at radius 2 is 2.06 bits per heavy atom. The molecule has 0 saturated heterocycles. The summed E-state index contributed by atoms with van der Waals surface area (Å²) in [5, 5.41) is 9.96. The van der Waals surface area contributed by atoms with Gasteiger partial charge < -0.3 is 9.52 Å². The fourth-order valence-corrected chi connectivity index (χ4v) is 1.94. The van der Waals surface area contributed by atoms with E-state index >= 15 is 0 Å². The van der Waals surface area contributed by atoms with Crippen molar-refractivity contribution in [3.05, 3.63) is 56.2 Å². The van der Waals surface area contributed by atoms with E-state index in [9.17, 15) is 9.90 Å². The van der Waals surface area contributed by atoms with Gasteiger partial charge in [0.2, 0.25) is 0 Å². The van der Waals surface area contributed by atoms with Crippen LogP contribution in [-0.4, -0.2) is 5.11 Å². The molecular formula is C14H11ClO3. The molecule has 0 aliphatic rings. The summed E-state index contributed by atoms with van der Waals surface area (Å²) in [4.78, 5) is 11.9. The standard InChI is InChI=1S/C14H11ClO3/c1-8(16)14-9(2)18-13(7-12(14)17)10-5-3-4-6-11(10)15/h3-7,16H,2H2,1H3/b14-8-. The van der Waals surface area contributed by atoms with Gasteiger partial charge in [0.15, 0.2) is 5.43 Å². The van der Waals surface area contributed by atoms with Gasteiger partial charge in [-0.2, -0.15) is 0 Å². The first kappa shape index (κ1) is 12.5. The van der Waals surface area contributed by atoms with Crippen LogP contribution in [-0.2, 0) is 0 Å². The Hall–Kier alpha value is -2.00. The lowest BCUT2D eigenvalue weighted by atomic mass is 10.1. The fourth-order valence-electron chi connectivity index (χ4n) is 1.72. The normalized spacial score (nSPS) is 12.3. The zero-order valence-corrected chi connectivity index (χ0v) is 10.5. The van der Waals surface area contributed by atoms with Gasteiger partial charge in [0, 0.05) is 11.6 Å². The van der Waals surface area contributed by atoms with Crippen LogP contribution in [0.2, 0.25) is 5.02 Å². The van der Waals surface area contributed by atoms with Crippen LogP contribution in [0.5, 0.6) is 0 Å². The summed E-state index contributed by atoms with van der Waals surface area (Å²) in [5.74, 6) is 0.222. The first-order valence-electron chi connectivity index (χ1n) is 5.28. The van der Waals surface area contributed by atoms with Gasteiger partial charge in [-0.25, -0.2) is 0 Å². The molecule has 2 aromatic rings. The topological polar surface area (TPSA) is 50.4 Å². The molecule has 0 spiro atoms. The molecule has 1 aromatic heterocycles. The van der Waals surface area contributed by atoms with Crippen molar-refractivity contribution in [2.75, 3.05) is 0 Å². The molecule has 2 rings (SSSR count). The largest absolute Gasteiger partial charge is 0.512 e. The molecule has 0 unspecified atom stereocenters. The Labute approximate surface area is 108 Å². The van der Waals surface area contributed by atoms with Gasteiger partial charge in [-0.3, -0.25) is 4.79 Å². The first-order valence-corrected chi connectivity index (χ1v) is 5.66. The molecule has 3 nitrogen and oxygen atoms in total. The first-order chi connectivity index (χ1) is 8.50. The predicted molar refractivity (Wildman–Crippen MR) is 71.9 cm³/mol. The maximum Gasteiger partial charge on any atom is 0.196 e. The molecule has 0 fully saturated rings. The van der Waals surface area contributed by atoms with E-state index < -0.39 is 0 Å². The van der Waals surface area contributed by atoms with Crippen LogP contribution in [0.1, 0.15) is 6.92 Å². The average molecular weight is 263 g/mol. The van der Waals surface area contributed by atoms with Gasteiger partial charge in [0.1, 0.15) is 22.2 Å². The Balaban J connectivity index is 2.80. The van der Waals surface area contributed by atoms with E-state index in [2.05, 4.69) is 6.58 Å². The Bertz CT molecular complexity index is 721. The fraction of sp³-hybridized carbons (Fsp3) is 0.0714. The molecule has 0 atom stereocenters. The minimum absolute atomic E-state index is 0.0887. The van der Waals surface area contributed by atoms with Gasteiger partial charge in [-0.15, -0.1) is 0 Å². The summed E-state index contributed by atoms with van der Waals surface area (Å²) in [6.45, 7) is 5.04. The molecule has 0 aliphatic heterocycles. The van der Waals surface area contributed by atoms with Gasteiger partial charge in [-0.05, 0) is 19.1 Å². The maximum absolute atomic E-state index is 11.9. The van der Waals surface area contributed by atoms with E-state index in [1.807, 2.05) is 0 Å². The van der Waals surface area contributed by atoms with Crippen LogP contribution >= 0.6 is 11.6 Å². The Kier molecular flexibility index (Phi) is 3.26. The van der Waals surface area contributed by atoms with Crippen LogP contribution < -0.4 is 16.1 Å². The molecule has 1 heterocycles. The highest BCUT2D eigenvalue weighted by atomic mass is 35.5. The second kappa shape index (κ2) is 4.70. The number of aliphatic hydroxyl groups is 1. The van der Waals surface area contributed by atoms with Crippen molar-refractivity contribution in [3.63, 3.8) is 0 Å². The molecule has 0 aliphatic carbocycles. The van der Waals surface area contributed by atoms with E-state index in [1.54, 1.807) is 24.3 Å². The Morgan fingerprint density at radius 1 is 1.39 bits per heavy atom. The van der Waals surface area contributed by atoms with Crippen molar-refractivity contribution < 1.29 is 9.52 Å². The van der Waals surface area contributed by atoms with E-state index in [-0.39, 0.29) is 21.8 Å². The minimum Gasteiger partial charge on any atom is -0.512 e. The van der Waals surface area contributed by atoms with Crippen molar-refractivity contribution in [1.29, 1.82) is 0 Å². The molecule has 18 heavy (non-hydrogen) atoms. The Morgan fingerprint density at radius 3 is 2.61 bits per heavy atom. The van der Waals surface area contributed by atoms with Crippen molar-refractivity contribution in [1.82, 2.24) is 0 Å². The third kappa shape index (κ3) is 2.17. The molecular weight excluding hydrogens is 252 g/mol. The second-order valence-corrected chi connectivity index (χ2v) is 4.25. The molecule has 0 amide bonds. The summed E-state index contributed by atoms with van der Waals surface area (Å²) in [7, 11) is 0. The summed E-state index contributed by atoms with van der Waals surface area (Å²) >= 11 is 6.03. The number of rotatable bonds is 1. The van der Waals surface area contributed by atoms with Gasteiger partial charge in [-0.1, -0.05) is 30.3 Å². The average Bonchev–Trinajstić information content (AvgIpc) is 2.27. The molecule has 1 N–H and O–H groups in total. The highest BCUT2D eigenvalue weighted by Crippen LogP contribution is 2.25. The lowest BCUT2D eigenvalue weighted by Gasteiger charge is -2.03. The van der Waals surface area contributed by atoms with Crippen molar-refractivity contribution >= 4 is 23.9 Å². The van der Waals surface area contributed by atoms with Crippen molar-refractivity contribution in [2.24, 2.45) is 0 Å². The molecule has 1 aromatic carbocycles. The zero-order valence-electron chi connectivity index (χ0n) is 9.74. The van der Waals surface area contributed by atoms with E-state index in [1.165, 1.54) is 13.0 Å². The van der Waals surface area contributed by atoms with Crippen LogP contribution in [0.3, 0.4) is 0 Å². The predicted octanol–water partition coefficient (Wildman–Crippen LogP) is 2.06. The summed E-state index contributed by atoms with van der Waals surface area (Å²) in [5.41, 5.74) is 0.391. The second-order valence-electron chi connectivity index (χ2n) is 3.84. The zero-order chi connectivity index (χ0) is 13.3. The third-order valence-corrected chi connectivity index (χ3v) is 2.85. The number of halogens is 1. The summed E-state index contributed by atoms with van der Waals surface area (Å²) < 4.78 is 5.44. The highest BCUT2D eigenvalue weighted by molar-refractivity contribution is 6.33. The third-order valence-electron chi connectivity index (χ3n) is 2.52. The summed E-state index contributed by atoms with van der Waals surface area (Å²) in [6.07, 6.45) is 0. The molecule has 0 saturated carbocycles. The van der Waals surface area contributed by atoms with Crippen molar-refractivity contribution in [3.8, 4) is 11.3 Å². The SMILES string of the molecule is C=c1oc(-c2ccccc2Cl)cc(=O)/c1=C(/C)O. The molecule has 0 bridgehead atoms. The number of aliphatic hydroxyl groups excluding tert-OH is 1. The highest BCUT2D eigenvalue weighted by Gasteiger charge is 2.08. The van der Waals surface area contributed by atoms with Crippen LogP contribution in [0.25, 0.3) is 23.7 Å². The minimum atomic E-state index is -0.346. The quantitative estimate of drug-likeness (QED) is 0.856. The molecule has 0 radical (unpaired) electrons. The van der Waals surface area contributed by atoms with Crippen molar-refractivity contribution in [2.45, 2.75) is 6.92 Å². The van der Waals surface area contributed by atoms with Gasteiger partial charge >= 0.3 is 0 Å². The van der Waals surface area contributed by atoms with Gasteiger partial charge in [0.25, 0.3) is 0 Å². The van der Waals surface area contributed by atoms with Crippen LogP contribution in [0.15, 0.2) is 39.5 Å².